The van der Waals surface area contributed by atoms with E-state index in [4.69, 9.17) is 0 Å². The van der Waals surface area contributed by atoms with Crippen molar-refractivity contribution in [3.05, 3.63) is 35.1 Å². The van der Waals surface area contributed by atoms with E-state index >= 15 is 0 Å². The lowest BCUT2D eigenvalue weighted by atomic mass is 10.2. The van der Waals surface area contributed by atoms with Gasteiger partial charge in [-0.05, 0) is 6.07 Å². The van der Waals surface area contributed by atoms with Gasteiger partial charge in [0, 0.05) is 19.4 Å². The Hall–Kier alpha value is -2.91. The number of nitrogens with one attached hydrogen (secondary N) is 1. The summed E-state index contributed by atoms with van der Waals surface area (Å²) in [5.41, 5.74) is 0.225. The lowest BCUT2D eigenvalue weighted by Gasteiger charge is -2.09. The molecule has 0 amide bonds. The van der Waals surface area contributed by atoms with Gasteiger partial charge in [-0.3, -0.25) is 14.8 Å². The summed E-state index contributed by atoms with van der Waals surface area (Å²) in [6, 6.07) is 0.895. The molecule has 0 aliphatic heterocycles. The standard InChI is InChI=1S/C13H10F3N5O2/c1-21-4-8(18-6-21)10-9-7(2-3-17-10)11(22)20-12(19-9)23-5-13(14,15)16/h2-4,6H,5H2,1H3,(H,19,20,22). The molecule has 0 saturated carbocycles. The predicted molar refractivity (Wildman–Crippen MR) is 73.9 cm³/mol. The van der Waals surface area contributed by atoms with E-state index in [-0.39, 0.29) is 16.6 Å². The third kappa shape index (κ3) is 3.15. The molecule has 3 aromatic rings. The molecule has 10 heteroatoms. The first kappa shape index (κ1) is 15.0. The minimum Gasteiger partial charge on any atom is -0.455 e. The third-order valence-electron chi connectivity index (χ3n) is 2.92. The summed E-state index contributed by atoms with van der Waals surface area (Å²) < 4.78 is 42.9. The van der Waals surface area contributed by atoms with Gasteiger partial charge in [-0.1, -0.05) is 0 Å². The number of aryl methyl sites for hydroxylation is 1. The van der Waals surface area contributed by atoms with Crippen LogP contribution in [0.1, 0.15) is 0 Å². The minimum absolute atomic E-state index is 0.118. The molecule has 3 rings (SSSR count). The number of imidazole rings is 1. The number of aromatic amines is 1. The van der Waals surface area contributed by atoms with Gasteiger partial charge < -0.3 is 9.30 Å². The summed E-state index contributed by atoms with van der Waals surface area (Å²) >= 11 is 0. The molecule has 120 valence electrons. The molecule has 0 aromatic carbocycles. The number of alkyl halides is 3. The van der Waals surface area contributed by atoms with E-state index in [1.165, 1.54) is 18.6 Å². The van der Waals surface area contributed by atoms with Crippen molar-refractivity contribution in [1.82, 2.24) is 24.5 Å². The summed E-state index contributed by atoms with van der Waals surface area (Å²) in [6.45, 7) is -1.55. The van der Waals surface area contributed by atoms with E-state index in [2.05, 4.69) is 24.7 Å². The molecule has 3 heterocycles. The molecule has 0 saturated heterocycles. The molecule has 1 N–H and O–H groups in total. The van der Waals surface area contributed by atoms with Crippen molar-refractivity contribution in [2.24, 2.45) is 7.05 Å². The molecule has 23 heavy (non-hydrogen) atoms. The van der Waals surface area contributed by atoms with Crippen LogP contribution in [0.15, 0.2) is 29.6 Å². The third-order valence-corrected chi connectivity index (χ3v) is 2.92. The highest BCUT2D eigenvalue weighted by atomic mass is 19.4. The number of fused-ring (bicyclic) bond motifs is 1. The Bertz CT molecular complexity index is 916. The van der Waals surface area contributed by atoms with Gasteiger partial charge in [0.2, 0.25) is 0 Å². The lowest BCUT2D eigenvalue weighted by molar-refractivity contribution is -0.154. The molecule has 3 aromatic heterocycles. The molecular formula is C13H10F3N5O2. The zero-order valence-electron chi connectivity index (χ0n) is 11.8. The second-order valence-electron chi connectivity index (χ2n) is 4.76. The van der Waals surface area contributed by atoms with Crippen molar-refractivity contribution in [3.8, 4) is 17.4 Å². The van der Waals surface area contributed by atoms with Crippen LogP contribution in [0.2, 0.25) is 0 Å². The number of aromatic nitrogens is 5. The van der Waals surface area contributed by atoms with E-state index in [9.17, 15) is 18.0 Å². The van der Waals surface area contributed by atoms with E-state index in [0.717, 1.165) is 0 Å². The van der Waals surface area contributed by atoms with Crippen LogP contribution in [0, 0.1) is 0 Å². The fraction of sp³-hybridized carbons (Fsp3) is 0.231. The van der Waals surface area contributed by atoms with Crippen molar-refractivity contribution < 1.29 is 17.9 Å². The number of ether oxygens (including phenoxy) is 1. The van der Waals surface area contributed by atoms with Crippen molar-refractivity contribution in [3.63, 3.8) is 0 Å². The van der Waals surface area contributed by atoms with Crippen LogP contribution in [-0.4, -0.2) is 37.3 Å². The van der Waals surface area contributed by atoms with E-state index < -0.39 is 24.4 Å². The van der Waals surface area contributed by atoms with Crippen molar-refractivity contribution in [2.75, 3.05) is 6.61 Å². The van der Waals surface area contributed by atoms with Crippen molar-refractivity contribution >= 4 is 10.9 Å². The number of nitrogens with zero attached hydrogens (tertiary/aromatic N) is 4. The quantitative estimate of drug-likeness (QED) is 0.791. The monoisotopic (exact) mass is 325 g/mol. The minimum atomic E-state index is -4.54. The Labute approximate surface area is 126 Å². The van der Waals surface area contributed by atoms with Crippen molar-refractivity contribution in [2.45, 2.75) is 6.18 Å². The highest BCUT2D eigenvalue weighted by Gasteiger charge is 2.29. The predicted octanol–water partition coefficient (Wildman–Crippen LogP) is 1.66. The summed E-state index contributed by atoms with van der Waals surface area (Å²) in [5.74, 6) is 0. The van der Waals surface area contributed by atoms with Crippen LogP contribution in [0.25, 0.3) is 22.3 Å². The highest BCUT2D eigenvalue weighted by molar-refractivity contribution is 5.89. The Morgan fingerprint density at radius 2 is 2.13 bits per heavy atom. The molecule has 0 fully saturated rings. The van der Waals surface area contributed by atoms with Gasteiger partial charge >= 0.3 is 6.18 Å². The maximum Gasteiger partial charge on any atom is 0.422 e. The molecule has 0 atom stereocenters. The van der Waals surface area contributed by atoms with Crippen LogP contribution in [0.3, 0.4) is 0 Å². The molecule has 0 radical (unpaired) electrons. The normalized spacial score (nSPS) is 11.8. The summed E-state index contributed by atoms with van der Waals surface area (Å²) in [6.07, 6.45) is 0.0523. The second-order valence-corrected chi connectivity index (χ2v) is 4.76. The maximum absolute atomic E-state index is 12.2. The topological polar surface area (TPSA) is 85.7 Å². The number of pyridine rings is 1. The zero-order chi connectivity index (χ0) is 16.6. The molecule has 0 aliphatic carbocycles. The van der Waals surface area contributed by atoms with Crippen LogP contribution in [0.5, 0.6) is 6.01 Å². The zero-order valence-corrected chi connectivity index (χ0v) is 11.8. The Morgan fingerprint density at radius 1 is 1.35 bits per heavy atom. The largest absolute Gasteiger partial charge is 0.455 e. The number of rotatable bonds is 3. The summed E-state index contributed by atoms with van der Waals surface area (Å²) in [7, 11) is 1.75. The smallest absolute Gasteiger partial charge is 0.422 e. The van der Waals surface area contributed by atoms with Gasteiger partial charge in [-0.25, -0.2) is 4.98 Å². The molecule has 0 unspecified atom stereocenters. The van der Waals surface area contributed by atoms with E-state index in [0.29, 0.717) is 5.69 Å². The Morgan fingerprint density at radius 3 is 2.78 bits per heavy atom. The molecule has 0 bridgehead atoms. The van der Waals surface area contributed by atoms with Crippen LogP contribution < -0.4 is 10.3 Å². The van der Waals surface area contributed by atoms with E-state index in [1.54, 1.807) is 17.8 Å². The van der Waals surface area contributed by atoms with Gasteiger partial charge in [0.15, 0.2) is 6.61 Å². The second kappa shape index (κ2) is 5.38. The van der Waals surface area contributed by atoms with Gasteiger partial charge in [0.05, 0.1) is 11.7 Å². The first-order chi connectivity index (χ1) is 10.8. The lowest BCUT2D eigenvalue weighted by Crippen LogP contribution is -2.21. The van der Waals surface area contributed by atoms with Gasteiger partial charge in [0.25, 0.3) is 11.6 Å². The average molecular weight is 325 g/mol. The fourth-order valence-electron chi connectivity index (χ4n) is 1.99. The van der Waals surface area contributed by atoms with E-state index in [1.807, 2.05) is 0 Å². The van der Waals surface area contributed by atoms with Crippen LogP contribution in [0.4, 0.5) is 13.2 Å². The number of hydrogen-bond donors (Lipinski definition) is 1. The average Bonchev–Trinajstić information content (AvgIpc) is 2.90. The van der Waals surface area contributed by atoms with Crippen LogP contribution in [-0.2, 0) is 7.05 Å². The Balaban J connectivity index is 2.12. The number of hydrogen-bond acceptors (Lipinski definition) is 5. The molecule has 0 aliphatic rings. The molecular weight excluding hydrogens is 315 g/mol. The number of halogens is 3. The first-order valence-electron chi connectivity index (χ1n) is 6.40. The Kier molecular flexibility index (Phi) is 3.51. The first-order valence-corrected chi connectivity index (χ1v) is 6.40. The van der Waals surface area contributed by atoms with Crippen molar-refractivity contribution in [1.29, 1.82) is 0 Å². The highest BCUT2D eigenvalue weighted by Crippen LogP contribution is 2.23. The van der Waals surface area contributed by atoms with Crippen LogP contribution >= 0.6 is 0 Å². The van der Waals surface area contributed by atoms with Gasteiger partial charge in [-0.2, -0.15) is 18.2 Å². The summed E-state index contributed by atoms with van der Waals surface area (Å²) in [5, 5.41) is 0.181. The SMILES string of the molecule is Cn1cnc(-c2nccc3c(=O)[nH]c(OCC(F)(F)F)nc23)c1. The fourth-order valence-corrected chi connectivity index (χ4v) is 1.99. The van der Waals surface area contributed by atoms with Gasteiger partial charge in [0.1, 0.15) is 16.9 Å². The summed E-state index contributed by atoms with van der Waals surface area (Å²) in [4.78, 5) is 26.3. The van der Waals surface area contributed by atoms with Gasteiger partial charge in [-0.15, -0.1) is 0 Å². The molecule has 7 nitrogen and oxygen atoms in total. The number of H-pyrrole nitrogens is 1. The maximum atomic E-state index is 12.2. The molecule has 0 spiro atoms.